The van der Waals surface area contributed by atoms with Gasteiger partial charge in [-0.25, -0.2) is 4.39 Å². The molecule has 2 aromatic carbocycles. The first-order valence-electron chi connectivity index (χ1n) is 9.72. The molecule has 1 fully saturated rings. The Kier molecular flexibility index (Phi) is 7.29. The zero-order valence-electron chi connectivity index (χ0n) is 16.6. The molecule has 1 saturated heterocycles. The van der Waals surface area contributed by atoms with Crippen LogP contribution in [0.3, 0.4) is 0 Å². The average molecular weight is 435 g/mol. The Morgan fingerprint density at radius 3 is 2.63 bits per heavy atom. The smallest absolute Gasteiger partial charge is 0.257 e. The topological polar surface area (TPSA) is 78.9 Å². The normalized spacial score (nSPS) is 15.5. The van der Waals surface area contributed by atoms with Gasteiger partial charge in [0.1, 0.15) is 11.6 Å². The number of hydrogen-bond acceptors (Lipinski definition) is 4. The Balaban J connectivity index is 1.60. The second-order valence-corrected chi connectivity index (χ2v) is 7.65. The van der Waals surface area contributed by atoms with Gasteiger partial charge in [-0.15, -0.1) is 0 Å². The zero-order valence-corrected chi connectivity index (χ0v) is 17.4. The van der Waals surface area contributed by atoms with Crippen LogP contribution in [-0.4, -0.2) is 48.6 Å². The maximum atomic E-state index is 13.4. The lowest BCUT2D eigenvalue weighted by atomic mass is 9.94. The molecule has 1 aliphatic heterocycles. The van der Waals surface area contributed by atoms with Gasteiger partial charge in [-0.2, -0.15) is 0 Å². The molecule has 0 radical (unpaired) electrons. The van der Waals surface area contributed by atoms with Crippen molar-refractivity contribution in [2.24, 2.45) is 5.92 Å². The highest BCUT2D eigenvalue weighted by Crippen LogP contribution is 2.27. The number of piperidine rings is 1. The fourth-order valence-electron chi connectivity index (χ4n) is 3.61. The van der Waals surface area contributed by atoms with Crippen LogP contribution in [-0.2, 0) is 4.79 Å². The molecule has 1 heterocycles. The van der Waals surface area contributed by atoms with Gasteiger partial charge in [0.2, 0.25) is 5.91 Å². The van der Waals surface area contributed by atoms with E-state index < -0.39 is 11.9 Å². The van der Waals surface area contributed by atoms with E-state index in [9.17, 15) is 19.1 Å². The molecule has 6 nitrogen and oxygen atoms in total. The minimum absolute atomic E-state index is 0.193. The van der Waals surface area contributed by atoms with Gasteiger partial charge in [-0.1, -0.05) is 23.7 Å². The molecule has 3 rings (SSSR count). The summed E-state index contributed by atoms with van der Waals surface area (Å²) in [6.45, 7) is 0.494. The van der Waals surface area contributed by atoms with Gasteiger partial charge in [0, 0.05) is 24.0 Å². The number of carbonyl (C=O) groups excluding carboxylic acids is 2. The van der Waals surface area contributed by atoms with E-state index in [2.05, 4.69) is 5.32 Å². The maximum Gasteiger partial charge on any atom is 0.257 e. The van der Waals surface area contributed by atoms with Crippen LogP contribution in [0.25, 0.3) is 0 Å². The van der Waals surface area contributed by atoms with Gasteiger partial charge in [-0.05, 0) is 48.7 Å². The summed E-state index contributed by atoms with van der Waals surface area (Å²) in [5, 5.41) is 12.8. The third-order valence-corrected chi connectivity index (χ3v) is 5.53. The summed E-state index contributed by atoms with van der Waals surface area (Å²) in [5.74, 6) is -0.682. The highest BCUT2D eigenvalue weighted by molar-refractivity contribution is 6.31. The van der Waals surface area contributed by atoms with Gasteiger partial charge in [0.25, 0.3) is 5.91 Å². The van der Waals surface area contributed by atoms with Crippen molar-refractivity contribution in [1.29, 1.82) is 0 Å². The summed E-state index contributed by atoms with van der Waals surface area (Å²) in [6.07, 6.45) is 0.976. The van der Waals surface area contributed by atoms with Crippen molar-refractivity contribution in [2.45, 2.75) is 18.9 Å². The number of halogens is 2. The number of amides is 2. The van der Waals surface area contributed by atoms with Crippen LogP contribution >= 0.6 is 11.6 Å². The predicted octanol–water partition coefficient (Wildman–Crippen LogP) is 3.19. The van der Waals surface area contributed by atoms with E-state index in [4.69, 9.17) is 16.3 Å². The molecule has 8 heteroatoms. The van der Waals surface area contributed by atoms with Crippen molar-refractivity contribution in [3.05, 3.63) is 64.4 Å². The first-order chi connectivity index (χ1) is 14.4. The van der Waals surface area contributed by atoms with Crippen LogP contribution in [0.2, 0.25) is 5.02 Å². The molecule has 0 bridgehead atoms. The Hall–Kier alpha value is -2.64. The van der Waals surface area contributed by atoms with Crippen molar-refractivity contribution >= 4 is 23.4 Å². The summed E-state index contributed by atoms with van der Waals surface area (Å²) < 4.78 is 18.7. The Bertz CT molecular complexity index is 916. The highest BCUT2D eigenvalue weighted by atomic mass is 35.5. The van der Waals surface area contributed by atoms with E-state index in [1.807, 2.05) is 0 Å². The zero-order chi connectivity index (χ0) is 21.7. The number of aliphatic hydroxyl groups is 1. The van der Waals surface area contributed by atoms with Crippen molar-refractivity contribution in [1.82, 2.24) is 10.2 Å². The molecule has 2 N–H and O–H groups in total. The van der Waals surface area contributed by atoms with Crippen LogP contribution in [0.1, 0.15) is 34.8 Å². The van der Waals surface area contributed by atoms with Gasteiger partial charge >= 0.3 is 0 Å². The average Bonchev–Trinajstić information content (AvgIpc) is 2.76. The number of aliphatic hydroxyl groups excluding tert-OH is 1. The number of hydrogen-bond donors (Lipinski definition) is 2. The van der Waals surface area contributed by atoms with Gasteiger partial charge in [0.05, 0.1) is 25.3 Å². The number of rotatable bonds is 6. The van der Waals surface area contributed by atoms with Crippen molar-refractivity contribution in [3.8, 4) is 5.75 Å². The fraction of sp³-hybridized carbons (Fsp3) is 0.364. The molecule has 0 saturated carbocycles. The third kappa shape index (κ3) is 5.09. The first kappa shape index (κ1) is 22.1. The molecule has 1 atom stereocenters. The standard InChI is InChI=1S/C22H24ClFN2O4/c1-30-20-6-5-16(23)12-18(20)22(29)26-9-7-14(8-10-26)21(28)25-19(13-27)15-3-2-4-17(24)11-15/h2-6,11-12,14,19,27H,7-10,13H2,1H3,(H,25,28). The number of carbonyl (C=O) groups is 2. The quantitative estimate of drug-likeness (QED) is 0.731. The van der Waals surface area contributed by atoms with E-state index in [0.717, 1.165) is 0 Å². The SMILES string of the molecule is COc1ccc(Cl)cc1C(=O)N1CCC(C(=O)NC(CO)c2cccc(F)c2)CC1. The molecule has 30 heavy (non-hydrogen) atoms. The van der Waals surface area contributed by atoms with E-state index >= 15 is 0 Å². The van der Waals surface area contributed by atoms with Crippen molar-refractivity contribution in [2.75, 3.05) is 26.8 Å². The van der Waals surface area contributed by atoms with E-state index in [0.29, 0.717) is 47.8 Å². The Morgan fingerprint density at radius 2 is 2.00 bits per heavy atom. The van der Waals surface area contributed by atoms with E-state index in [1.54, 1.807) is 29.2 Å². The monoisotopic (exact) mass is 434 g/mol. The molecule has 0 aromatic heterocycles. The van der Waals surface area contributed by atoms with Crippen LogP contribution < -0.4 is 10.1 Å². The third-order valence-electron chi connectivity index (χ3n) is 5.30. The number of likely N-dealkylation sites (tertiary alicyclic amines) is 1. The van der Waals surface area contributed by atoms with Crippen LogP contribution in [0, 0.1) is 11.7 Å². The molecule has 160 valence electrons. The molecular weight excluding hydrogens is 411 g/mol. The lowest BCUT2D eigenvalue weighted by molar-refractivity contribution is -0.127. The molecule has 2 aromatic rings. The number of ether oxygens (including phenoxy) is 1. The van der Waals surface area contributed by atoms with Gasteiger partial charge < -0.3 is 20.1 Å². The molecule has 0 aliphatic carbocycles. The summed E-state index contributed by atoms with van der Waals surface area (Å²) in [6, 6.07) is 10.00. The Morgan fingerprint density at radius 1 is 1.27 bits per heavy atom. The molecule has 1 unspecified atom stereocenters. The summed E-state index contributed by atoms with van der Waals surface area (Å²) >= 11 is 6.02. The molecular formula is C22H24ClFN2O4. The largest absolute Gasteiger partial charge is 0.496 e. The lowest BCUT2D eigenvalue weighted by Gasteiger charge is -2.32. The van der Waals surface area contributed by atoms with E-state index in [1.165, 1.54) is 25.3 Å². The second-order valence-electron chi connectivity index (χ2n) is 7.21. The molecule has 1 aliphatic rings. The number of methoxy groups -OCH3 is 1. The summed E-state index contributed by atoms with van der Waals surface area (Å²) in [7, 11) is 1.49. The first-order valence-corrected chi connectivity index (χ1v) is 10.1. The molecule has 2 amide bonds. The van der Waals surface area contributed by atoms with Gasteiger partial charge in [-0.3, -0.25) is 9.59 Å². The summed E-state index contributed by atoms with van der Waals surface area (Å²) in [4.78, 5) is 27.2. The van der Waals surface area contributed by atoms with Crippen LogP contribution in [0.5, 0.6) is 5.75 Å². The number of benzene rings is 2. The minimum atomic E-state index is -0.677. The second kappa shape index (κ2) is 9.91. The fourth-order valence-corrected chi connectivity index (χ4v) is 3.78. The maximum absolute atomic E-state index is 13.4. The molecule has 0 spiro atoms. The Labute approximate surface area is 179 Å². The number of nitrogens with one attached hydrogen (secondary N) is 1. The lowest BCUT2D eigenvalue weighted by Crippen LogP contribution is -2.44. The van der Waals surface area contributed by atoms with Crippen LogP contribution in [0.15, 0.2) is 42.5 Å². The van der Waals surface area contributed by atoms with Gasteiger partial charge in [0.15, 0.2) is 0 Å². The summed E-state index contributed by atoms with van der Waals surface area (Å²) in [5.41, 5.74) is 0.894. The minimum Gasteiger partial charge on any atom is -0.496 e. The number of nitrogens with zero attached hydrogens (tertiary/aromatic N) is 1. The van der Waals surface area contributed by atoms with E-state index in [-0.39, 0.29) is 24.3 Å². The highest BCUT2D eigenvalue weighted by Gasteiger charge is 2.30. The predicted molar refractivity (Wildman–Crippen MR) is 111 cm³/mol. The van der Waals surface area contributed by atoms with Crippen molar-refractivity contribution < 1.29 is 23.8 Å². The van der Waals surface area contributed by atoms with Crippen LogP contribution in [0.4, 0.5) is 4.39 Å². The van der Waals surface area contributed by atoms with Crippen molar-refractivity contribution in [3.63, 3.8) is 0 Å².